The van der Waals surface area contributed by atoms with Crippen molar-refractivity contribution in [2.24, 2.45) is 5.92 Å². The van der Waals surface area contributed by atoms with Gasteiger partial charge in [0, 0.05) is 43.0 Å². The predicted octanol–water partition coefficient (Wildman–Crippen LogP) is 2.20. The van der Waals surface area contributed by atoms with Crippen LogP contribution in [-0.4, -0.2) is 39.7 Å². The second-order valence-corrected chi connectivity index (χ2v) is 6.92. The van der Waals surface area contributed by atoms with Crippen LogP contribution in [0, 0.1) is 5.92 Å². The number of aromatic carboxylic acids is 1. The van der Waals surface area contributed by atoms with Crippen LogP contribution in [0.1, 0.15) is 28.4 Å². The largest absolute Gasteiger partial charge is 0.478 e. The third-order valence-electron chi connectivity index (χ3n) is 5.15. The second kappa shape index (κ2) is 6.33. The molecular weight excluding hydrogens is 334 g/mol. The summed E-state index contributed by atoms with van der Waals surface area (Å²) in [4.78, 5) is 37.4. The molecule has 1 fully saturated rings. The lowest BCUT2D eigenvalue weighted by molar-refractivity contribution is 0.0697. The highest BCUT2D eigenvalue weighted by Gasteiger charge is 2.36. The van der Waals surface area contributed by atoms with Crippen LogP contribution in [-0.2, 0) is 6.54 Å². The number of carboxylic acid groups (broad SMARTS) is 1. The van der Waals surface area contributed by atoms with Gasteiger partial charge in [-0.3, -0.25) is 4.79 Å². The Morgan fingerprint density at radius 1 is 1.04 bits per heavy atom. The Bertz CT molecular complexity index is 919. The molecule has 2 aromatic rings. The highest BCUT2D eigenvalue weighted by molar-refractivity contribution is 5.91. The van der Waals surface area contributed by atoms with E-state index in [-0.39, 0.29) is 29.0 Å². The average Bonchev–Trinajstić information content (AvgIpc) is 2.63. The van der Waals surface area contributed by atoms with Gasteiger partial charge in [0.05, 0.1) is 5.56 Å². The lowest BCUT2D eigenvalue weighted by Gasteiger charge is -2.42. The van der Waals surface area contributed by atoms with Crippen molar-refractivity contribution in [1.82, 2.24) is 9.47 Å². The van der Waals surface area contributed by atoms with Gasteiger partial charge in [0.15, 0.2) is 0 Å². The van der Waals surface area contributed by atoms with Crippen LogP contribution in [0.4, 0.5) is 10.5 Å². The Morgan fingerprint density at radius 2 is 1.81 bits per heavy atom. The molecular formula is C19H19N3O4. The number of hydrogen-bond donors (Lipinski definition) is 2. The Balaban J connectivity index is 1.49. The van der Waals surface area contributed by atoms with E-state index in [0.717, 1.165) is 12.1 Å². The maximum Gasteiger partial charge on any atom is 0.335 e. The topological polar surface area (TPSA) is 91.6 Å². The zero-order valence-corrected chi connectivity index (χ0v) is 14.1. The fourth-order valence-corrected chi connectivity index (χ4v) is 3.96. The normalized spacial score (nSPS) is 21.0. The summed E-state index contributed by atoms with van der Waals surface area (Å²) >= 11 is 0. The summed E-state index contributed by atoms with van der Waals surface area (Å²) in [5, 5.41) is 11.8. The summed E-state index contributed by atoms with van der Waals surface area (Å²) in [6.07, 6.45) is 0.987. The zero-order chi connectivity index (χ0) is 18.3. The number of benzene rings is 1. The number of hydrogen-bond acceptors (Lipinski definition) is 3. The number of anilines is 1. The molecule has 1 aromatic carbocycles. The zero-order valence-electron chi connectivity index (χ0n) is 14.1. The van der Waals surface area contributed by atoms with Gasteiger partial charge >= 0.3 is 12.0 Å². The molecule has 0 aliphatic carbocycles. The van der Waals surface area contributed by atoms with Crippen LogP contribution in [0.25, 0.3) is 0 Å². The molecule has 2 aliphatic heterocycles. The predicted molar refractivity (Wildman–Crippen MR) is 95.5 cm³/mol. The lowest BCUT2D eigenvalue weighted by atomic mass is 9.83. The van der Waals surface area contributed by atoms with Crippen molar-refractivity contribution < 1.29 is 14.7 Å². The van der Waals surface area contributed by atoms with Crippen molar-refractivity contribution >= 4 is 17.7 Å². The Labute approximate surface area is 149 Å². The fraction of sp³-hybridized carbons (Fsp3) is 0.316. The van der Waals surface area contributed by atoms with E-state index < -0.39 is 5.97 Å². The first-order chi connectivity index (χ1) is 12.5. The van der Waals surface area contributed by atoms with Gasteiger partial charge in [-0.15, -0.1) is 0 Å². The van der Waals surface area contributed by atoms with E-state index in [9.17, 15) is 14.4 Å². The number of piperidine rings is 1. The minimum atomic E-state index is -0.999. The molecule has 2 bridgehead atoms. The van der Waals surface area contributed by atoms with Crippen molar-refractivity contribution in [2.75, 3.05) is 18.4 Å². The van der Waals surface area contributed by atoms with Crippen molar-refractivity contribution in [2.45, 2.75) is 18.9 Å². The minimum absolute atomic E-state index is 0.0219. The Hall–Kier alpha value is -3.09. The monoisotopic (exact) mass is 353 g/mol. The minimum Gasteiger partial charge on any atom is -0.478 e. The van der Waals surface area contributed by atoms with Crippen molar-refractivity contribution in [3.63, 3.8) is 0 Å². The Kier molecular flexibility index (Phi) is 3.99. The first-order valence-electron chi connectivity index (χ1n) is 8.60. The van der Waals surface area contributed by atoms with Crippen molar-refractivity contribution in [3.8, 4) is 0 Å². The highest BCUT2D eigenvalue weighted by atomic mass is 16.4. The molecule has 2 atom stereocenters. The standard InChI is InChI=1S/C19H19N3O4/c23-17-3-1-2-16-14-8-12(10-22(16)17)9-21(11-14)19(26)20-15-6-4-13(5-7-15)18(24)25/h1-7,12,14H,8-11H2,(H,20,26)(H,24,25)/t12-,14-/m1/s1. The first-order valence-corrected chi connectivity index (χ1v) is 8.60. The smallest absolute Gasteiger partial charge is 0.335 e. The van der Waals surface area contributed by atoms with Crippen LogP contribution in [0.2, 0.25) is 0 Å². The van der Waals surface area contributed by atoms with E-state index in [1.807, 2.05) is 10.6 Å². The molecule has 7 heteroatoms. The van der Waals surface area contributed by atoms with Gasteiger partial charge in [-0.05, 0) is 42.7 Å². The number of fused-ring (bicyclic) bond motifs is 4. The molecule has 1 aromatic heterocycles. The molecule has 1 saturated heterocycles. The maximum absolute atomic E-state index is 12.6. The highest BCUT2D eigenvalue weighted by Crippen LogP contribution is 2.35. The summed E-state index contributed by atoms with van der Waals surface area (Å²) in [5.74, 6) is -0.571. The van der Waals surface area contributed by atoms with Gasteiger partial charge in [-0.1, -0.05) is 6.07 Å². The van der Waals surface area contributed by atoms with Gasteiger partial charge in [-0.25, -0.2) is 9.59 Å². The van der Waals surface area contributed by atoms with E-state index in [0.29, 0.717) is 25.3 Å². The molecule has 0 radical (unpaired) electrons. The van der Waals surface area contributed by atoms with Gasteiger partial charge in [0.2, 0.25) is 0 Å². The molecule has 7 nitrogen and oxygen atoms in total. The number of likely N-dealkylation sites (tertiary alicyclic amines) is 1. The van der Waals surface area contributed by atoms with Crippen molar-refractivity contribution in [3.05, 3.63) is 64.1 Å². The summed E-state index contributed by atoms with van der Waals surface area (Å²) in [7, 11) is 0. The molecule has 134 valence electrons. The summed E-state index contributed by atoms with van der Waals surface area (Å²) in [5.41, 5.74) is 1.76. The SMILES string of the molecule is O=C(O)c1ccc(NC(=O)N2C[C@H]3C[C@H](C2)c2cccc(=O)n2C3)cc1. The van der Waals surface area contributed by atoms with Gasteiger partial charge in [0.25, 0.3) is 5.56 Å². The maximum atomic E-state index is 12.6. The number of urea groups is 1. The van der Waals surface area contributed by atoms with E-state index in [1.165, 1.54) is 12.1 Å². The van der Waals surface area contributed by atoms with Crippen molar-refractivity contribution in [1.29, 1.82) is 0 Å². The van der Waals surface area contributed by atoms with Gasteiger partial charge < -0.3 is 19.9 Å². The number of nitrogens with one attached hydrogen (secondary N) is 1. The number of amides is 2. The number of carboxylic acids is 1. The Morgan fingerprint density at radius 3 is 2.54 bits per heavy atom. The van der Waals surface area contributed by atoms with Gasteiger partial charge in [-0.2, -0.15) is 0 Å². The molecule has 4 rings (SSSR count). The van der Waals surface area contributed by atoms with E-state index >= 15 is 0 Å². The van der Waals surface area contributed by atoms with Crippen LogP contribution in [0.3, 0.4) is 0 Å². The van der Waals surface area contributed by atoms with E-state index in [2.05, 4.69) is 5.32 Å². The molecule has 2 N–H and O–H groups in total. The lowest BCUT2D eigenvalue weighted by Crippen LogP contribution is -2.50. The molecule has 26 heavy (non-hydrogen) atoms. The number of pyridine rings is 1. The molecule has 2 aliphatic rings. The van der Waals surface area contributed by atoms with E-state index in [4.69, 9.17) is 5.11 Å². The second-order valence-electron chi connectivity index (χ2n) is 6.92. The summed E-state index contributed by atoms with van der Waals surface area (Å²) < 4.78 is 1.83. The number of rotatable bonds is 2. The number of aromatic nitrogens is 1. The summed E-state index contributed by atoms with van der Waals surface area (Å²) in [6, 6.07) is 11.2. The number of carbonyl (C=O) groups is 2. The average molecular weight is 353 g/mol. The summed E-state index contributed by atoms with van der Waals surface area (Å²) in [6.45, 7) is 1.82. The molecule has 0 unspecified atom stereocenters. The first kappa shape index (κ1) is 16.4. The third-order valence-corrected chi connectivity index (χ3v) is 5.15. The number of nitrogens with zero attached hydrogens (tertiary/aromatic N) is 2. The van der Waals surface area contributed by atoms with Crippen LogP contribution < -0.4 is 10.9 Å². The van der Waals surface area contributed by atoms with Gasteiger partial charge in [0.1, 0.15) is 0 Å². The third kappa shape index (κ3) is 2.96. The van der Waals surface area contributed by atoms with Crippen LogP contribution >= 0.6 is 0 Å². The molecule has 0 spiro atoms. The molecule has 3 heterocycles. The quantitative estimate of drug-likeness (QED) is 0.866. The molecule has 2 amide bonds. The van der Waals surface area contributed by atoms with Crippen LogP contribution in [0.5, 0.6) is 0 Å². The fourth-order valence-electron chi connectivity index (χ4n) is 3.96. The number of carbonyl (C=O) groups excluding carboxylic acids is 1. The molecule has 0 saturated carbocycles. The van der Waals surface area contributed by atoms with Crippen LogP contribution in [0.15, 0.2) is 47.3 Å². The van der Waals surface area contributed by atoms with E-state index in [1.54, 1.807) is 29.2 Å².